The molecule has 3 aliphatic rings. The normalized spacial score (nSPS) is 40.0. The van der Waals surface area contributed by atoms with Crippen molar-refractivity contribution in [1.82, 2.24) is 0 Å². The van der Waals surface area contributed by atoms with Crippen molar-refractivity contribution in [2.24, 2.45) is 5.92 Å². The SMILES string of the molecule is C/C=C1\C(=O)OC2CC[N+]3(C)CC=C(COC(=O)C(C)(OC(C)=O)C(C)C1OC(C)=O)C23O. The first-order valence-corrected chi connectivity index (χ1v) is 11.0. The van der Waals surface area contributed by atoms with Crippen LogP contribution in [0.3, 0.4) is 0 Å². The monoisotopic (exact) mass is 466 g/mol. The summed E-state index contributed by atoms with van der Waals surface area (Å²) >= 11 is 0. The van der Waals surface area contributed by atoms with Gasteiger partial charge in [0, 0.05) is 26.2 Å². The number of rotatable bonds is 2. The van der Waals surface area contributed by atoms with E-state index in [4.69, 9.17) is 18.9 Å². The Hall–Kier alpha value is -2.72. The van der Waals surface area contributed by atoms with Gasteiger partial charge in [0.15, 0.2) is 6.10 Å². The Labute approximate surface area is 192 Å². The fraction of sp³-hybridized carbons (Fsp3) is 0.652. The number of hydrogen-bond donors (Lipinski definition) is 1. The molecule has 3 rings (SSSR count). The van der Waals surface area contributed by atoms with E-state index in [1.807, 2.05) is 7.05 Å². The van der Waals surface area contributed by atoms with Gasteiger partial charge in [0.05, 0.1) is 24.7 Å². The van der Waals surface area contributed by atoms with Gasteiger partial charge in [0.25, 0.3) is 5.72 Å². The maximum absolute atomic E-state index is 13.3. The molecule has 0 aliphatic carbocycles. The zero-order valence-electron chi connectivity index (χ0n) is 19.9. The first-order chi connectivity index (χ1) is 15.3. The quantitative estimate of drug-likeness (QED) is 0.206. The molecule has 33 heavy (non-hydrogen) atoms. The Morgan fingerprint density at radius 1 is 1.27 bits per heavy atom. The van der Waals surface area contributed by atoms with Crippen molar-refractivity contribution in [3.8, 4) is 0 Å². The molecule has 0 bridgehead atoms. The Kier molecular flexibility index (Phi) is 6.47. The van der Waals surface area contributed by atoms with Crippen LogP contribution in [-0.2, 0) is 38.1 Å². The molecule has 6 unspecified atom stereocenters. The third-order valence-electron chi connectivity index (χ3n) is 7.21. The number of ether oxygens (including phenoxy) is 4. The van der Waals surface area contributed by atoms with Gasteiger partial charge in [-0.1, -0.05) is 13.0 Å². The third-order valence-corrected chi connectivity index (χ3v) is 7.21. The van der Waals surface area contributed by atoms with Crippen LogP contribution in [0.25, 0.3) is 0 Å². The highest BCUT2D eigenvalue weighted by molar-refractivity contribution is 5.91. The van der Waals surface area contributed by atoms with Gasteiger partial charge in [-0.15, -0.1) is 0 Å². The van der Waals surface area contributed by atoms with E-state index in [1.165, 1.54) is 26.8 Å². The molecule has 3 heterocycles. The molecular weight excluding hydrogens is 434 g/mol. The Morgan fingerprint density at radius 3 is 2.52 bits per heavy atom. The van der Waals surface area contributed by atoms with Crippen molar-refractivity contribution in [2.45, 2.75) is 64.6 Å². The molecule has 0 saturated carbocycles. The summed E-state index contributed by atoms with van der Waals surface area (Å²) in [5.41, 5.74) is -3.08. The minimum atomic E-state index is -1.89. The van der Waals surface area contributed by atoms with Crippen LogP contribution in [0.4, 0.5) is 0 Å². The minimum Gasteiger partial charge on any atom is -0.458 e. The van der Waals surface area contributed by atoms with E-state index >= 15 is 0 Å². The lowest BCUT2D eigenvalue weighted by molar-refractivity contribution is -0.955. The van der Waals surface area contributed by atoms with E-state index in [1.54, 1.807) is 13.0 Å². The number of carbonyl (C=O) groups excluding carboxylic acids is 4. The topological polar surface area (TPSA) is 125 Å². The highest BCUT2D eigenvalue weighted by Crippen LogP contribution is 2.46. The Morgan fingerprint density at radius 2 is 1.94 bits per heavy atom. The molecular formula is C23H32NO9+. The molecule has 3 aliphatic heterocycles. The largest absolute Gasteiger partial charge is 0.458 e. The summed E-state index contributed by atoms with van der Waals surface area (Å²) in [5, 5.41) is 11.7. The van der Waals surface area contributed by atoms with E-state index in [9.17, 15) is 24.3 Å². The van der Waals surface area contributed by atoms with Gasteiger partial charge >= 0.3 is 23.9 Å². The Balaban J connectivity index is 2.13. The van der Waals surface area contributed by atoms with E-state index in [0.29, 0.717) is 25.1 Å². The molecule has 182 valence electrons. The van der Waals surface area contributed by atoms with Crippen molar-refractivity contribution in [1.29, 1.82) is 0 Å². The highest BCUT2D eigenvalue weighted by atomic mass is 16.6. The first kappa shape index (κ1) is 24.9. The summed E-state index contributed by atoms with van der Waals surface area (Å²) in [5.74, 6) is -4.12. The predicted molar refractivity (Wildman–Crippen MR) is 113 cm³/mol. The molecule has 2 saturated heterocycles. The number of aliphatic hydroxyl groups is 1. The fourth-order valence-electron chi connectivity index (χ4n) is 5.08. The standard InChI is InChI=1S/C23H32NO9/c1-7-17-19(31-14(3)25)13(2)22(5,33-15(4)26)21(28)30-12-16-8-10-24(6)11-9-18(23(16,24)29)32-20(17)27/h7-8,13,18-19,29H,9-12H2,1-6H3/q+1/b17-7-. The smallest absolute Gasteiger partial charge is 0.351 e. The number of carbonyl (C=O) groups is 4. The lowest BCUT2D eigenvalue weighted by atomic mass is 9.82. The van der Waals surface area contributed by atoms with Crippen molar-refractivity contribution in [3.05, 3.63) is 23.3 Å². The number of esters is 4. The van der Waals surface area contributed by atoms with Crippen LogP contribution >= 0.6 is 0 Å². The van der Waals surface area contributed by atoms with Crippen molar-refractivity contribution in [2.75, 3.05) is 26.7 Å². The zero-order valence-corrected chi connectivity index (χ0v) is 19.9. The van der Waals surface area contributed by atoms with Gasteiger partial charge in [-0.3, -0.25) is 14.1 Å². The summed E-state index contributed by atoms with van der Waals surface area (Å²) in [6.07, 6.45) is 1.46. The van der Waals surface area contributed by atoms with Crippen LogP contribution in [0.2, 0.25) is 0 Å². The molecule has 0 aromatic rings. The molecule has 10 nitrogen and oxygen atoms in total. The highest BCUT2D eigenvalue weighted by Gasteiger charge is 2.65. The predicted octanol–water partition coefficient (Wildman–Crippen LogP) is 0.770. The maximum Gasteiger partial charge on any atom is 0.351 e. The summed E-state index contributed by atoms with van der Waals surface area (Å²) in [7, 11) is 1.84. The van der Waals surface area contributed by atoms with E-state index in [0.717, 1.165) is 6.92 Å². The minimum absolute atomic E-state index is 0.0299. The summed E-state index contributed by atoms with van der Waals surface area (Å²) in [4.78, 5) is 50.4. The van der Waals surface area contributed by atoms with Crippen LogP contribution < -0.4 is 0 Å². The van der Waals surface area contributed by atoms with Crippen molar-refractivity contribution < 1.29 is 47.7 Å². The van der Waals surface area contributed by atoms with Gasteiger partial charge in [0.2, 0.25) is 5.60 Å². The van der Waals surface area contributed by atoms with Crippen molar-refractivity contribution in [3.63, 3.8) is 0 Å². The van der Waals surface area contributed by atoms with Crippen LogP contribution in [0.1, 0.15) is 41.0 Å². The Bertz CT molecular complexity index is 940. The van der Waals surface area contributed by atoms with E-state index in [-0.39, 0.29) is 16.7 Å². The second-order valence-electron chi connectivity index (χ2n) is 9.28. The molecule has 6 atom stereocenters. The van der Waals surface area contributed by atoms with E-state index in [2.05, 4.69) is 0 Å². The lowest BCUT2D eigenvalue weighted by Crippen LogP contribution is -2.61. The van der Waals surface area contributed by atoms with Gasteiger partial charge in [-0.2, -0.15) is 0 Å². The molecule has 0 amide bonds. The average Bonchev–Trinajstić information content (AvgIpc) is 3.12. The third kappa shape index (κ3) is 3.95. The van der Waals surface area contributed by atoms with Crippen LogP contribution in [0.5, 0.6) is 0 Å². The first-order valence-electron chi connectivity index (χ1n) is 11.0. The van der Waals surface area contributed by atoms with Crippen LogP contribution in [0, 0.1) is 5.92 Å². The molecule has 0 radical (unpaired) electrons. The number of likely N-dealkylation sites (N-methyl/N-ethyl adjacent to an activating group) is 1. The molecule has 2 fully saturated rings. The lowest BCUT2D eigenvalue weighted by Gasteiger charge is -2.41. The molecule has 0 aromatic carbocycles. The average molecular weight is 467 g/mol. The number of nitrogens with zero attached hydrogens (tertiary/aromatic N) is 1. The van der Waals surface area contributed by atoms with Crippen LogP contribution in [0.15, 0.2) is 23.3 Å². The number of quaternary nitrogens is 1. The second-order valence-corrected chi connectivity index (χ2v) is 9.28. The van der Waals surface area contributed by atoms with Gasteiger partial charge < -0.3 is 24.1 Å². The molecule has 1 N–H and O–H groups in total. The van der Waals surface area contributed by atoms with Gasteiger partial charge in [0.1, 0.15) is 19.3 Å². The number of hydrogen-bond acceptors (Lipinski definition) is 9. The second kappa shape index (κ2) is 8.57. The van der Waals surface area contributed by atoms with Crippen LogP contribution in [-0.4, -0.2) is 83.7 Å². The van der Waals surface area contributed by atoms with Gasteiger partial charge in [-0.05, 0) is 19.9 Å². The number of allylic oxidation sites excluding steroid dienone is 1. The molecule has 0 spiro atoms. The molecule has 10 heteroatoms. The molecule has 0 aromatic heterocycles. The van der Waals surface area contributed by atoms with E-state index < -0.39 is 53.3 Å². The fourth-order valence-corrected chi connectivity index (χ4v) is 5.08. The van der Waals surface area contributed by atoms with Crippen molar-refractivity contribution >= 4 is 23.9 Å². The number of cyclic esters (lactones) is 1. The summed E-state index contributed by atoms with van der Waals surface area (Å²) in [6, 6.07) is 0. The summed E-state index contributed by atoms with van der Waals surface area (Å²) in [6.45, 7) is 7.49. The summed E-state index contributed by atoms with van der Waals surface area (Å²) < 4.78 is 22.3. The van der Waals surface area contributed by atoms with Gasteiger partial charge in [-0.25, -0.2) is 9.59 Å². The maximum atomic E-state index is 13.3. The zero-order chi connectivity index (χ0) is 24.8.